The van der Waals surface area contributed by atoms with Crippen LogP contribution >= 0.6 is 0 Å². The number of rotatable bonds is 7. The molecule has 0 aliphatic heterocycles. The van der Waals surface area contributed by atoms with E-state index in [0.717, 1.165) is 43.0 Å². The molecule has 0 bridgehead atoms. The molecule has 0 N–H and O–H groups in total. The lowest BCUT2D eigenvalue weighted by atomic mass is 9.95. The summed E-state index contributed by atoms with van der Waals surface area (Å²) in [6, 6.07) is 11.0. The van der Waals surface area contributed by atoms with Gasteiger partial charge in [0.1, 0.15) is 34.9 Å². The van der Waals surface area contributed by atoms with Crippen molar-refractivity contribution in [3.8, 4) is 22.9 Å². The molecule has 1 radical (unpaired) electrons. The minimum atomic E-state index is -1.03. The molecule has 6 heteroatoms. The van der Waals surface area contributed by atoms with Gasteiger partial charge in [0.2, 0.25) is 0 Å². The molecule has 0 saturated heterocycles. The highest BCUT2D eigenvalue weighted by atomic mass is 19.1. The van der Waals surface area contributed by atoms with E-state index in [4.69, 9.17) is 5.26 Å². The predicted octanol–water partition coefficient (Wildman–Crippen LogP) is 7.05. The van der Waals surface area contributed by atoms with Gasteiger partial charge in [-0.1, -0.05) is 37.6 Å². The summed E-state index contributed by atoms with van der Waals surface area (Å²) in [7, 11) is 0. The molecule has 0 saturated carbocycles. The van der Waals surface area contributed by atoms with Crippen LogP contribution in [0.25, 0.3) is 11.1 Å². The summed E-state index contributed by atoms with van der Waals surface area (Å²) < 4.78 is 57.1. The van der Waals surface area contributed by atoms with Crippen LogP contribution in [-0.2, 0) is 24.4 Å². The monoisotopic (exact) mass is 426 g/mol. The van der Waals surface area contributed by atoms with Gasteiger partial charge in [-0.3, -0.25) is 5.11 Å². The first-order valence-electron chi connectivity index (χ1n) is 10.0. The average Bonchev–Trinajstić information content (AvgIpc) is 2.72. The summed E-state index contributed by atoms with van der Waals surface area (Å²) >= 11 is 0. The summed E-state index contributed by atoms with van der Waals surface area (Å²) in [6.45, 7) is 2.08. The van der Waals surface area contributed by atoms with Crippen LogP contribution in [0.3, 0.4) is 0 Å². The zero-order valence-corrected chi connectivity index (χ0v) is 16.9. The summed E-state index contributed by atoms with van der Waals surface area (Å²) in [4.78, 5) is 0. The number of hydrogen-bond donors (Lipinski definition) is 0. The zero-order valence-electron chi connectivity index (χ0n) is 16.9. The van der Waals surface area contributed by atoms with Gasteiger partial charge in [-0.2, -0.15) is 5.26 Å². The number of aryl methyl sites for hydroxylation is 2. The Balaban J connectivity index is 1.90. The molecule has 0 spiro atoms. The maximum Gasteiger partial charge on any atom is 0.192 e. The van der Waals surface area contributed by atoms with Crippen LogP contribution in [-0.4, -0.2) is 0 Å². The van der Waals surface area contributed by atoms with E-state index in [-0.39, 0.29) is 29.5 Å². The van der Waals surface area contributed by atoms with Crippen molar-refractivity contribution in [3.63, 3.8) is 0 Å². The fraction of sp³-hybridized carbons (Fsp3) is 0.240. The molecule has 0 aromatic heterocycles. The highest BCUT2D eigenvalue weighted by Gasteiger charge is 2.21. The Hall–Kier alpha value is -3.33. The van der Waals surface area contributed by atoms with Crippen molar-refractivity contribution in [1.82, 2.24) is 0 Å². The normalized spacial score (nSPS) is 10.8. The third kappa shape index (κ3) is 4.88. The Kier molecular flexibility index (Phi) is 6.96. The van der Waals surface area contributed by atoms with Crippen molar-refractivity contribution >= 4 is 0 Å². The Bertz CT molecular complexity index is 1110. The quantitative estimate of drug-likeness (QED) is 0.373. The van der Waals surface area contributed by atoms with Crippen LogP contribution in [0.15, 0.2) is 42.5 Å². The van der Waals surface area contributed by atoms with Crippen LogP contribution < -0.4 is 0 Å². The number of benzene rings is 3. The minimum absolute atomic E-state index is 0.0685. The highest BCUT2D eigenvalue weighted by molar-refractivity contribution is 5.72. The molecule has 3 aromatic rings. The lowest BCUT2D eigenvalue weighted by Crippen LogP contribution is -2.03. The van der Waals surface area contributed by atoms with Gasteiger partial charge in [-0.05, 0) is 54.5 Å². The molecule has 0 unspecified atom stereocenters. The van der Waals surface area contributed by atoms with Crippen molar-refractivity contribution in [2.24, 2.45) is 0 Å². The fourth-order valence-electron chi connectivity index (χ4n) is 3.50. The fourth-order valence-corrected chi connectivity index (χ4v) is 3.50. The van der Waals surface area contributed by atoms with Crippen molar-refractivity contribution < 1.29 is 22.7 Å². The van der Waals surface area contributed by atoms with Crippen LogP contribution in [0.1, 0.15) is 42.0 Å². The van der Waals surface area contributed by atoms with Crippen molar-refractivity contribution in [1.29, 1.82) is 5.26 Å². The first kappa shape index (κ1) is 22.4. The summed E-state index contributed by atoms with van der Waals surface area (Å²) in [5.41, 5.74) is 0.304. The number of unbranched alkanes of at least 4 members (excludes halogenated alkanes) is 1. The zero-order chi connectivity index (χ0) is 22.5. The molecule has 0 atom stereocenters. The summed E-state index contributed by atoms with van der Waals surface area (Å²) in [5, 5.41) is 21.0. The second-order valence-electron chi connectivity index (χ2n) is 7.37. The first-order chi connectivity index (χ1) is 14.8. The highest BCUT2D eigenvalue weighted by Crippen LogP contribution is 2.36. The third-order valence-electron chi connectivity index (χ3n) is 5.22. The number of nitrogens with zero attached hydrogens (tertiary/aromatic N) is 1. The molecule has 3 rings (SSSR count). The molecule has 2 nitrogen and oxygen atoms in total. The van der Waals surface area contributed by atoms with Gasteiger partial charge in [-0.15, -0.1) is 0 Å². The van der Waals surface area contributed by atoms with E-state index in [9.17, 15) is 18.3 Å². The number of hydrogen-bond acceptors (Lipinski definition) is 1. The van der Waals surface area contributed by atoms with E-state index in [1.165, 1.54) is 6.07 Å². The van der Waals surface area contributed by atoms with Crippen LogP contribution in [0.4, 0.5) is 17.6 Å². The minimum Gasteiger partial charge on any atom is -0.289 e. The number of nitriles is 1. The molecule has 0 aliphatic carbocycles. The second-order valence-corrected chi connectivity index (χ2v) is 7.37. The van der Waals surface area contributed by atoms with Gasteiger partial charge in [-0.25, -0.2) is 17.6 Å². The maximum atomic E-state index is 15.1. The molecule has 0 amide bonds. The van der Waals surface area contributed by atoms with Gasteiger partial charge >= 0.3 is 0 Å². The van der Waals surface area contributed by atoms with E-state index in [1.807, 2.05) is 12.1 Å². The maximum absolute atomic E-state index is 15.1. The summed E-state index contributed by atoms with van der Waals surface area (Å²) in [6.07, 6.45) is 2.65. The Labute approximate surface area is 178 Å². The second kappa shape index (κ2) is 9.65. The molecular weight excluding hydrogens is 406 g/mol. The average molecular weight is 426 g/mol. The molecule has 0 fully saturated rings. The van der Waals surface area contributed by atoms with Gasteiger partial charge in [0.25, 0.3) is 0 Å². The molecule has 3 aromatic carbocycles. The van der Waals surface area contributed by atoms with Gasteiger partial charge in [0.05, 0.1) is 5.56 Å². The lowest BCUT2D eigenvalue weighted by molar-refractivity contribution is 0.350. The lowest BCUT2D eigenvalue weighted by Gasteiger charge is -2.12. The third-order valence-corrected chi connectivity index (χ3v) is 5.22. The van der Waals surface area contributed by atoms with E-state index in [2.05, 4.69) is 6.92 Å². The number of halogens is 4. The Morgan fingerprint density at radius 1 is 0.839 bits per heavy atom. The van der Waals surface area contributed by atoms with E-state index >= 15 is 4.39 Å². The Morgan fingerprint density at radius 3 is 2.06 bits per heavy atom. The predicted molar refractivity (Wildman–Crippen MR) is 109 cm³/mol. The smallest absolute Gasteiger partial charge is 0.192 e. The van der Waals surface area contributed by atoms with E-state index in [0.29, 0.717) is 5.56 Å². The van der Waals surface area contributed by atoms with Gasteiger partial charge < -0.3 is 0 Å². The molecule has 0 heterocycles. The standard InChI is InChI=1S/C25H20F4NO/c1-2-3-4-15-5-8-17(9-6-15)24-23(31)13-22(28)18(25(24)29)10-7-16-11-20(26)19(14-30)21(27)12-16/h5-6,8-9,11-13H,2-4,7,10H2,1H3. The largest absolute Gasteiger partial charge is 0.289 e. The van der Waals surface area contributed by atoms with Crippen molar-refractivity contribution in [2.45, 2.75) is 39.0 Å². The van der Waals surface area contributed by atoms with E-state index < -0.39 is 34.6 Å². The molecule has 159 valence electrons. The van der Waals surface area contributed by atoms with E-state index in [1.54, 1.807) is 12.1 Å². The van der Waals surface area contributed by atoms with Crippen LogP contribution in [0.5, 0.6) is 5.75 Å². The Morgan fingerprint density at radius 2 is 1.48 bits per heavy atom. The molecule has 31 heavy (non-hydrogen) atoms. The van der Waals surface area contributed by atoms with Crippen molar-refractivity contribution in [2.75, 3.05) is 0 Å². The molecular formula is C25H20F4NO. The van der Waals surface area contributed by atoms with Gasteiger partial charge in [0, 0.05) is 11.6 Å². The van der Waals surface area contributed by atoms with Crippen LogP contribution in [0, 0.1) is 34.6 Å². The van der Waals surface area contributed by atoms with Crippen molar-refractivity contribution in [3.05, 3.63) is 88.0 Å². The van der Waals surface area contributed by atoms with Gasteiger partial charge in [0.15, 0.2) is 5.75 Å². The van der Waals surface area contributed by atoms with Crippen LogP contribution in [0.2, 0.25) is 0 Å². The SMILES string of the molecule is CCCCc1ccc(-c2c([O])cc(F)c(CCc3cc(F)c(C#N)c(F)c3)c2F)cc1. The summed E-state index contributed by atoms with van der Waals surface area (Å²) in [5.74, 6) is -4.80. The molecule has 0 aliphatic rings. The first-order valence-corrected chi connectivity index (χ1v) is 10.0. The topological polar surface area (TPSA) is 43.7 Å².